The molecule has 3 aromatic carbocycles. The third-order valence-corrected chi connectivity index (χ3v) is 5.96. The molecule has 0 spiro atoms. The Morgan fingerprint density at radius 2 is 1.74 bits per heavy atom. The number of hydrogen-bond acceptors (Lipinski definition) is 7. The van der Waals surface area contributed by atoms with Crippen molar-refractivity contribution in [3.63, 3.8) is 0 Å². The van der Waals surface area contributed by atoms with E-state index in [0.717, 1.165) is 5.56 Å². The lowest BCUT2D eigenvalue weighted by molar-refractivity contribution is 0.0921. The van der Waals surface area contributed by atoms with E-state index in [-0.39, 0.29) is 17.8 Å². The molecule has 0 saturated carbocycles. The van der Waals surface area contributed by atoms with Crippen molar-refractivity contribution < 1.29 is 28.2 Å². The first kappa shape index (κ1) is 22.5. The first-order valence-electron chi connectivity index (χ1n) is 11.4. The molecule has 35 heavy (non-hydrogen) atoms. The van der Waals surface area contributed by atoms with Crippen LogP contribution < -0.4 is 24.4 Å². The van der Waals surface area contributed by atoms with Crippen LogP contribution in [0.1, 0.15) is 22.8 Å². The molecule has 0 aliphatic carbocycles. The molecule has 5 rings (SSSR count). The van der Waals surface area contributed by atoms with Gasteiger partial charge in [0.25, 0.3) is 0 Å². The van der Waals surface area contributed by atoms with Gasteiger partial charge in [0.15, 0.2) is 23.9 Å². The number of Topliss-reactive ketones (excluding diaryl/α,β-unsaturated/α-hetero) is 1. The fraction of sp³-hybridized carbons (Fsp3) is 0.214. The molecule has 2 heterocycles. The lowest BCUT2D eigenvalue weighted by Gasteiger charge is -2.18. The van der Waals surface area contributed by atoms with Gasteiger partial charge >= 0.3 is 0 Å². The van der Waals surface area contributed by atoms with Crippen molar-refractivity contribution in [2.75, 3.05) is 26.9 Å². The van der Waals surface area contributed by atoms with E-state index in [1.807, 2.05) is 13.0 Å². The molecule has 0 bridgehead atoms. The van der Waals surface area contributed by atoms with Gasteiger partial charge in [0.2, 0.25) is 5.43 Å². The maximum Gasteiger partial charge on any atom is 0.200 e. The van der Waals surface area contributed by atoms with Gasteiger partial charge in [-0.25, -0.2) is 0 Å². The summed E-state index contributed by atoms with van der Waals surface area (Å²) in [4.78, 5) is 25.9. The minimum absolute atomic E-state index is 0.135. The second kappa shape index (κ2) is 9.54. The van der Waals surface area contributed by atoms with Crippen molar-refractivity contribution in [3.8, 4) is 34.1 Å². The smallest absolute Gasteiger partial charge is 0.200 e. The number of carbonyl (C=O) groups is 1. The Hall–Kier alpha value is -4.26. The van der Waals surface area contributed by atoms with Gasteiger partial charge in [-0.3, -0.25) is 9.59 Å². The van der Waals surface area contributed by atoms with Crippen LogP contribution in [0.15, 0.2) is 70.1 Å². The number of aryl methyl sites for hydroxylation is 1. The molecule has 1 aliphatic rings. The van der Waals surface area contributed by atoms with Gasteiger partial charge < -0.3 is 23.4 Å². The zero-order valence-electron chi connectivity index (χ0n) is 19.5. The molecular formula is C28H24O7. The first-order chi connectivity index (χ1) is 17.1. The predicted octanol–water partition coefficient (Wildman–Crippen LogP) is 5.06. The molecule has 7 nitrogen and oxygen atoms in total. The molecule has 1 aliphatic heterocycles. The van der Waals surface area contributed by atoms with Crippen LogP contribution in [-0.4, -0.2) is 32.7 Å². The van der Waals surface area contributed by atoms with Crippen molar-refractivity contribution >= 4 is 16.8 Å². The van der Waals surface area contributed by atoms with Crippen LogP contribution in [0.4, 0.5) is 0 Å². The van der Waals surface area contributed by atoms with Crippen LogP contribution in [-0.2, 0) is 6.42 Å². The van der Waals surface area contributed by atoms with Gasteiger partial charge in [-0.2, -0.15) is 0 Å². The Morgan fingerprint density at radius 1 is 0.971 bits per heavy atom. The Balaban J connectivity index is 1.43. The molecule has 0 unspecified atom stereocenters. The SMILES string of the molecule is CCc1cc2c(=O)c(-c3ccc4c(c3)OCCO4)coc2cc1OCC(=O)c1ccc(OC)cc1. The average Bonchev–Trinajstić information content (AvgIpc) is 2.91. The molecule has 0 fully saturated rings. The summed E-state index contributed by atoms with van der Waals surface area (Å²) in [7, 11) is 1.57. The van der Waals surface area contributed by atoms with E-state index in [0.29, 0.717) is 70.3 Å². The zero-order chi connectivity index (χ0) is 24.4. The van der Waals surface area contributed by atoms with Gasteiger partial charge in [-0.15, -0.1) is 0 Å². The maximum absolute atomic E-state index is 13.3. The summed E-state index contributed by atoms with van der Waals surface area (Å²) >= 11 is 0. The topological polar surface area (TPSA) is 84.2 Å². The van der Waals surface area contributed by atoms with E-state index in [1.165, 1.54) is 6.26 Å². The number of carbonyl (C=O) groups excluding carboxylic acids is 1. The average molecular weight is 472 g/mol. The van der Waals surface area contributed by atoms with Crippen LogP contribution in [0.5, 0.6) is 23.0 Å². The molecule has 0 N–H and O–H groups in total. The summed E-state index contributed by atoms with van der Waals surface area (Å²) in [5.74, 6) is 2.29. The Kier molecular flexibility index (Phi) is 6.14. The number of fused-ring (bicyclic) bond motifs is 2. The second-order valence-corrected chi connectivity index (χ2v) is 8.09. The van der Waals surface area contributed by atoms with E-state index in [2.05, 4.69) is 0 Å². The first-order valence-corrected chi connectivity index (χ1v) is 11.4. The van der Waals surface area contributed by atoms with Crippen LogP contribution >= 0.6 is 0 Å². The van der Waals surface area contributed by atoms with Gasteiger partial charge in [-0.05, 0) is 60.0 Å². The Bertz CT molecular complexity index is 1450. The van der Waals surface area contributed by atoms with Crippen LogP contribution in [0.3, 0.4) is 0 Å². The third-order valence-electron chi connectivity index (χ3n) is 5.96. The third kappa shape index (κ3) is 4.45. The van der Waals surface area contributed by atoms with Gasteiger partial charge in [0.05, 0.1) is 18.1 Å². The molecule has 178 valence electrons. The van der Waals surface area contributed by atoms with Crippen LogP contribution in [0, 0.1) is 0 Å². The minimum atomic E-state index is -0.162. The summed E-state index contributed by atoms with van der Waals surface area (Å²) in [5.41, 5.74) is 2.69. The van der Waals surface area contributed by atoms with Gasteiger partial charge in [0.1, 0.15) is 36.6 Å². The quantitative estimate of drug-likeness (QED) is 0.348. The molecule has 0 atom stereocenters. The predicted molar refractivity (Wildman–Crippen MR) is 131 cm³/mol. The molecule has 7 heteroatoms. The Morgan fingerprint density at radius 3 is 2.49 bits per heavy atom. The van der Waals surface area contributed by atoms with Crippen molar-refractivity contribution in [2.24, 2.45) is 0 Å². The van der Waals surface area contributed by atoms with E-state index < -0.39 is 0 Å². The van der Waals surface area contributed by atoms with Crippen molar-refractivity contribution in [2.45, 2.75) is 13.3 Å². The number of methoxy groups -OCH3 is 1. The highest BCUT2D eigenvalue weighted by Gasteiger charge is 2.17. The highest BCUT2D eigenvalue weighted by molar-refractivity contribution is 5.97. The van der Waals surface area contributed by atoms with E-state index >= 15 is 0 Å². The summed E-state index contributed by atoms with van der Waals surface area (Å²) < 4.78 is 28.0. The lowest BCUT2D eigenvalue weighted by Crippen LogP contribution is -2.15. The minimum Gasteiger partial charge on any atom is -0.497 e. The molecule has 0 saturated heterocycles. The zero-order valence-corrected chi connectivity index (χ0v) is 19.5. The van der Waals surface area contributed by atoms with Crippen LogP contribution in [0.2, 0.25) is 0 Å². The second-order valence-electron chi connectivity index (χ2n) is 8.09. The number of ether oxygens (including phenoxy) is 4. The van der Waals surface area contributed by atoms with Crippen molar-refractivity contribution in [3.05, 3.63) is 82.2 Å². The molecular weight excluding hydrogens is 448 g/mol. The number of hydrogen-bond donors (Lipinski definition) is 0. The number of benzene rings is 3. The van der Waals surface area contributed by atoms with Crippen molar-refractivity contribution in [1.29, 1.82) is 0 Å². The summed E-state index contributed by atoms with van der Waals surface area (Å²) in [5, 5.41) is 0.447. The number of rotatable bonds is 7. The van der Waals surface area contributed by atoms with Gasteiger partial charge in [-0.1, -0.05) is 13.0 Å². The summed E-state index contributed by atoms with van der Waals surface area (Å²) in [6.07, 6.45) is 2.06. The van der Waals surface area contributed by atoms with E-state index in [9.17, 15) is 9.59 Å². The highest BCUT2D eigenvalue weighted by Crippen LogP contribution is 2.34. The van der Waals surface area contributed by atoms with E-state index in [1.54, 1.807) is 55.6 Å². The van der Waals surface area contributed by atoms with Gasteiger partial charge in [0, 0.05) is 11.6 Å². The standard InChI is InChI=1S/C28H24O7/c1-3-17-12-21-26(14-25(17)35-16-23(29)18-4-7-20(31-2)8-5-18)34-15-22(28(21)30)19-6-9-24-27(13-19)33-11-10-32-24/h4-9,12-15H,3,10-11,16H2,1-2H3. The fourth-order valence-corrected chi connectivity index (χ4v) is 4.03. The normalized spacial score (nSPS) is 12.4. The highest BCUT2D eigenvalue weighted by atomic mass is 16.6. The molecule has 0 radical (unpaired) electrons. The van der Waals surface area contributed by atoms with Crippen LogP contribution in [0.25, 0.3) is 22.1 Å². The number of ketones is 1. The molecule has 4 aromatic rings. The van der Waals surface area contributed by atoms with Crippen molar-refractivity contribution in [1.82, 2.24) is 0 Å². The van der Waals surface area contributed by atoms with E-state index in [4.69, 9.17) is 23.4 Å². The largest absolute Gasteiger partial charge is 0.497 e. The monoisotopic (exact) mass is 472 g/mol. The maximum atomic E-state index is 13.3. The summed E-state index contributed by atoms with van der Waals surface area (Å²) in [6.45, 7) is 2.79. The summed E-state index contributed by atoms with van der Waals surface area (Å²) in [6, 6.07) is 15.7. The molecule has 1 aromatic heterocycles. The Labute approximate surface area is 201 Å². The molecule has 0 amide bonds. The fourth-order valence-electron chi connectivity index (χ4n) is 4.03. The lowest BCUT2D eigenvalue weighted by atomic mass is 10.0.